The van der Waals surface area contributed by atoms with E-state index >= 15 is 0 Å². The molecule has 138 valence electrons. The van der Waals surface area contributed by atoms with Crippen LogP contribution in [0.3, 0.4) is 0 Å². The number of ether oxygens (including phenoxy) is 3. The molecule has 7 nitrogen and oxygen atoms in total. The van der Waals surface area contributed by atoms with Gasteiger partial charge in [0.1, 0.15) is 23.9 Å². The maximum absolute atomic E-state index is 12.5. The number of carbonyl (C=O) groups excluding carboxylic acids is 1. The summed E-state index contributed by atoms with van der Waals surface area (Å²) in [5.41, 5.74) is 0.160. The van der Waals surface area contributed by atoms with Crippen LogP contribution in [0.1, 0.15) is 32.6 Å². The molecule has 2 heterocycles. The molecule has 2 fully saturated rings. The Morgan fingerprint density at radius 3 is 2.56 bits per heavy atom. The van der Waals surface area contributed by atoms with Gasteiger partial charge in [-0.25, -0.2) is 4.79 Å². The number of benzene rings is 1. The van der Waals surface area contributed by atoms with Gasteiger partial charge in [-0.2, -0.15) is 0 Å². The van der Waals surface area contributed by atoms with Gasteiger partial charge in [0.15, 0.2) is 6.29 Å². The summed E-state index contributed by atoms with van der Waals surface area (Å²) in [4.78, 5) is 13.9. The molecule has 0 bridgehead atoms. The van der Waals surface area contributed by atoms with Gasteiger partial charge in [0.25, 0.3) is 0 Å². The fourth-order valence-electron chi connectivity index (χ4n) is 3.11. The Kier molecular flexibility index (Phi) is 5.02. The van der Waals surface area contributed by atoms with Crippen LogP contribution in [0.25, 0.3) is 0 Å². The maximum atomic E-state index is 12.5. The first kappa shape index (κ1) is 18.1. The Hall–Kier alpha value is -1.67. The van der Waals surface area contributed by atoms with Crippen molar-refractivity contribution < 1.29 is 29.2 Å². The van der Waals surface area contributed by atoms with Crippen LogP contribution in [0.4, 0.5) is 4.79 Å². The van der Waals surface area contributed by atoms with E-state index in [0.717, 1.165) is 5.56 Å². The summed E-state index contributed by atoms with van der Waals surface area (Å²) < 4.78 is 17.1. The molecule has 1 aromatic rings. The average Bonchev–Trinajstić information content (AvgIpc) is 2.57. The summed E-state index contributed by atoms with van der Waals surface area (Å²) in [5.74, 6) is 0. The van der Waals surface area contributed by atoms with Gasteiger partial charge in [0.2, 0.25) is 0 Å². The number of nitrogens with zero attached hydrogens (tertiary/aromatic N) is 1. The van der Waals surface area contributed by atoms with Gasteiger partial charge in [-0.05, 0) is 20.8 Å². The monoisotopic (exact) mass is 351 g/mol. The molecule has 1 amide bonds. The summed E-state index contributed by atoms with van der Waals surface area (Å²) in [7, 11) is 0. The predicted molar refractivity (Wildman–Crippen MR) is 88.7 cm³/mol. The second-order valence-corrected chi connectivity index (χ2v) is 7.43. The number of hydrogen-bond acceptors (Lipinski definition) is 6. The van der Waals surface area contributed by atoms with Crippen molar-refractivity contribution in [1.29, 1.82) is 0 Å². The maximum Gasteiger partial charge on any atom is 0.410 e. The first-order chi connectivity index (χ1) is 11.8. The van der Waals surface area contributed by atoms with E-state index in [4.69, 9.17) is 14.2 Å². The predicted octanol–water partition coefficient (Wildman–Crippen LogP) is 1.44. The summed E-state index contributed by atoms with van der Waals surface area (Å²) in [6.45, 7) is 5.48. The molecule has 3 rings (SSSR count). The van der Waals surface area contributed by atoms with Gasteiger partial charge in [-0.1, -0.05) is 30.3 Å². The molecule has 0 aliphatic carbocycles. The molecule has 0 saturated carbocycles. The Bertz CT molecular complexity index is 601. The first-order valence-corrected chi connectivity index (χ1v) is 8.44. The van der Waals surface area contributed by atoms with Crippen LogP contribution in [-0.4, -0.2) is 64.3 Å². The van der Waals surface area contributed by atoms with Gasteiger partial charge >= 0.3 is 6.09 Å². The Morgan fingerprint density at radius 2 is 1.92 bits per heavy atom. The molecule has 2 saturated heterocycles. The molecule has 25 heavy (non-hydrogen) atoms. The summed E-state index contributed by atoms with van der Waals surface area (Å²) in [6, 6.07) is 8.83. The Balaban J connectivity index is 1.77. The zero-order chi connectivity index (χ0) is 18.2. The molecule has 0 radical (unpaired) electrons. The molecule has 2 N–H and O–H groups in total. The van der Waals surface area contributed by atoms with E-state index in [1.54, 1.807) is 20.8 Å². The van der Waals surface area contributed by atoms with Gasteiger partial charge in [-0.15, -0.1) is 0 Å². The lowest BCUT2D eigenvalue weighted by Crippen LogP contribution is -2.67. The fraction of sp³-hybridized carbons (Fsp3) is 0.611. The van der Waals surface area contributed by atoms with E-state index in [2.05, 4.69) is 0 Å². The quantitative estimate of drug-likeness (QED) is 0.796. The van der Waals surface area contributed by atoms with Crippen molar-refractivity contribution in [3.05, 3.63) is 35.9 Å². The third kappa shape index (κ3) is 3.95. The van der Waals surface area contributed by atoms with Gasteiger partial charge < -0.3 is 24.4 Å². The topological polar surface area (TPSA) is 88.5 Å². The third-order valence-corrected chi connectivity index (χ3v) is 4.29. The second-order valence-electron chi connectivity index (χ2n) is 7.43. The fourth-order valence-corrected chi connectivity index (χ4v) is 3.11. The lowest BCUT2D eigenvalue weighted by atomic mass is 9.93. The minimum atomic E-state index is -1.11. The van der Waals surface area contributed by atoms with Crippen molar-refractivity contribution in [2.75, 3.05) is 13.2 Å². The number of amides is 1. The largest absolute Gasteiger partial charge is 0.444 e. The summed E-state index contributed by atoms with van der Waals surface area (Å²) >= 11 is 0. The SMILES string of the molecule is CC(C)(C)OC(=O)N1C[C@H](O)[C@@H](O)[C@@H]2O[C@@H](c3ccccc3)OC[C@H]21. The highest BCUT2D eigenvalue weighted by Crippen LogP contribution is 2.34. The van der Waals surface area contributed by atoms with Crippen LogP contribution in [0.5, 0.6) is 0 Å². The Labute approximate surface area is 147 Å². The van der Waals surface area contributed by atoms with Crippen molar-refractivity contribution in [2.45, 2.75) is 57.0 Å². The van der Waals surface area contributed by atoms with E-state index < -0.39 is 42.3 Å². The molecule has 2 aliphatic heterocycles. The molecule has 5 atom stereocenters. The van der Waals surface area contributed by atoms with Crippen LogP contribution >= 0.6 is 0 Å². The highest BCUT2D eigenvalue weighted by Gasteiger charge is 2.49. The lowest BCUT2D eigenvalue weighted by molar-refractivity contribution is -0.284. The lowest BCUT2D eigenvalue weighted by Gasteiger charge is -2.49. The van der Waals surface area contributed by atoms with Gasteiger partial charge in [0.05, 0.1) is 19.2 Å². The minimum absolute atomic E-state index is 0.0278. The molecule has 0 aromatic heterocycles. The van der Waals surface area contributed by atoms with Crippen molar-refractivity contribution in [2.24, 2.45) is 0 Å². The first-order valence-electron chi connectivity index (χ1n) is 8.44. The van der Waals surface area contributed by atoms with Gasteiger partial charge in [-0.3, -0.25) is 4.90 Å². The number of hydrogen-bond donors (Lipinski definition) is 2. The average molecular weight is 351 g/mol. The van der Waals surface area contributed by atoms with Crippen LogP contribution in [0, 0.1) is 0 Å². The normalized spacial score (nSPS) is 32.8. The van der Waals surface area contributed by atoms with Crippen LogP contribution in [0.15, 0.2) is 30.3 Å². The molecule has 0 spiro atoms. The standard InChI is InChI=1S/C18H25NO6/c1-18(2,3)25-17(22)19-9-13(20)14(21)15-12(19)10-23-16(24-15)11-7-5-4-6-8-11/h4-8,12-16,20-21H,9-10H2,1-3H3/t12-,13+,14-,15-,16+/m1/s1. The molecule has 7 heteroatoms. The number of aliphatic hydroxyl groups is 2. The van der Waals surface area contributed by atoms with E-state index in [1.165, 1.54) is 4.90 Å². The highest BCUT2D eigenvalue weighted by atomic mass is 16.7. The number of likely N-dealkylation sites (tertiary alicyclic amines) is 1. The molecular formula is C18H25NO6. The Morgan fingerprint density at radius 1 is 1.24 bits per heavy atom. The zero-order valence-electron chi connectivity index (χ0n) is 14.7. The number of piperidine rings is 1. The molecule has 0 unspecified atom stereocenters. The highest BCUT2D eigenvalue weighted by molar-refractivity contribution is 5.69. The van der Waals surface area contributed by atoms with Crippen molar-refractivity contribution in [3.63, 3.8) is 0 Å². The van der Waals surface area contributed by atoms with E-state index in [9.17, 15) is 15.0 Å². The van der Waals surface area contributed by atoms with Crippen molar-refractivity contribution in [1.82, 2.24) is 4.90 Å². The van der Waals surface area contributed by atoms with Crippen molar-refractivity contribution in [3.8, 4) is 0 Å². The number of rotatable bonds is 1. The smallest absolute Gasteiger partial charge is 0.410 e. The number of β-amino-alcohol motifs (C(OH)–C–C–N with tert-alkyl or cyclic N) is 1. The number of fused-ring (bicyclic) bond motifs is 1. The summed E-state index contributed by atoms with van der Waals surface area (Å²) in [5, 5.41) is 20.5. The van der Waals surface area contributed by atoms with Gasteiger partial charge in [0, 0.05) is 5.56 Å². The second kappa shape index (κ2) is 6.92. The molecule has 2 aliphatic rings. The van der Waals surface area contributed by atoms with Crippen LogP contribution in [-0.2, 0) is 14.2 Å². The molecule has 1 aromatic carbocycles. The van der Waals surface area contributed by atoms with E-state index in [0.29, 0.717) is 0 Å². The minimum Gasteiger partial charge on any atom is -0.444 e. The number of aliphatic hydroxyl groups excluding tert-OH is 2. The van der Waals surface area contributed by atoms with E-state index in [-0.39, 0.29) is 13.2 Å². The third-order valence-electron chi connectivity index (χ3n) is 4.29. The number of carbonyl (C=O) groups is 1. The van der Waals surface area contributed by atoms with Crippen LogP contribution < -0.4 is 0 Å². The van der Waals surface area contributed by atoms with Crippen LogP contribution in [0.2, 0.25) is 0 Å². The van der Waals surface area contributed by atoms with E-state index in [1.807, 2.05) is 30.3 Å². The molecular weight excluding hydrogens is 326 g/mol. The zero-order valence-corrected chi connectivity index (χ0v) is 14.7. The van der Waals surface area contributed by atoms with Crippen molar-refractivity contribution >= 4 is 6.09 Å². The summed E-state index contributed by atoms with van der Waals surface area (Å²) in [6.07, 6.45) is -4.17.